The second kappa shape index (κ2) is 4.59. The number of allylic oxidation sites excluding steroid dienone is 1. The zero-order chi connectivity index (χ0) is 14.2. The smallest absolute Gasteiger partial charge is 0.421 e. The van der Waals surface area contributed by atoms with Crippen LogP contribution in [0.5, 0.6) is 0 Å². The second-order valence-electron chi connectivity index (χ2n) is 4.40. The first-order chi connectivity index (χ1) is 9.57. The molecule has 0 aromatic carbocycles. The molecule has 20 heavy (non-hydrogen) atoms. The SMILES string of the molecule is O=C(C1N=COC1c1ccncc1)[N+]1=CC(F)(F)C=C1. The van der Waals surface area contributed by atoms with E-state index >= 15 is 0 Å². The summed E-state index contributed by atoms with van der Waals surface area (Å²) >= 11 is 0. The van der Waals surface area contributed by atoms with E-state index < -0.39 is 24.0 Å². The minimum atomic E-state index is -3.11. The fourth-order valence-electron chi connectivity index (χ4n) is 2.07. The van der Waals surface area contributed by atoms with E-state index in [1.165, 1.54) is 6.40 Å². The highest BCUT2D eigenvalue weighted by molar-refractivity contribution is 5.84. The van der Waals surface area contributed by atoms with Crippen LogP contribution in [0, 0.1) is 0 Å². The highest BCUT2D eigenvalue weighted by atomic mass is 19.3. The van der Waals surface area contributed by atoms with Gasteiger partial charge in [-0.1, -0.05) is 0 Å². The molecule has 2 aliphatic rings. The van der Waals surface area contributed by atoms with Crippen LogP contribution >= 0.6 is 0 Å². The number of carbonyl (C=O) groups is 1. The number of aliphatic imine (C=N–C) groups is 1. The third-order valence-electron chi connectivity index (χ3n) is 3.03. The Hall–Kier alpha value is -2.44. The molecular formula is C13H10F2N3O2+. The van der Waals surface area contributed by atoms with Crippen molar-refractivity contribution in [3.8, 4) is 0 Å². The average Bonchev–Trinajstić information content (AvgIpc) is 3.05. The lowest BCUT2D eigenvalue weighted by molar-refractivity contribution is -0.379. The van der Waals surface area contributed by atoms with E-state index in [0.717, 1.165) is 10.8 Å². The van der Waals surface area contributed by atoms with Gasteiger partial charge in [-0.3, -0.25) is 4.98 Å². The van der Waals surface area contributed by atoms with E-state index in [1.807, 2.05) is 0 Å². The summed E-state index contributed by atoms with van der Waals surface area (Å²) in [7, 11) is 0. The number of ether oxygens (including phenoxy) is 1. The molecular weight excluding hydrogens is 268 g/mol. The van der Waals surface area contributed by atoms with Crippen molar-refractivity contribution in [2.24, 2.45) is 4.99 Å². The Kier molecular flexibility index (Phi) is 2.89. The normalized spacial score (nSPS) is 26.4. The number of hydrogen-bond acceptors (Lipinski definition) is 4. The number of halogens is 2. The molecule has 2 atom stereocenters. The molecule has 2 aliphatic heterocycles. The maximum atomic E-state index is 13.0. The van der Waals surface area contributed by atoms with Gasteiger partial charge in [0.1, 0.15) is 0 Å². The topological polar surface area (TPSA) is 54.6 Å². The lowest BCUT2D eigenvalue weighted by atomic mass is 10.0. The average molecular weight is 278 g/mol. The summed E-state index contributed by atoms with van der Waals surface area (Å²) < 4.78 is 32.2. The third-order valence-corrected chi connectivity index (χ3v) is 3.03. The van der Waals surface area contributed by atoms with E-state index in [9.17, 15) is 13.6 Å². The van der Waals surface area contributed by atoms with E-state index in [0.29, 0.717) is 17.9 Å². The van der Waals surface area contributed by atoms with Gasteiger partial charge >= 0.3 is 11.8 Å². The monoisotopic (exact) mass is 278 g/mol. The van der Waals surface area contributed by atoms with Gasteiger partial charge in [0.15, 0.2) is 18.7 Å². The summed E-state index contributed by atoms with van der Waals surface area (Å²) in [5.74, 6) is -3.67. The van der Waals surface area contributed by atoms with Gasteiger partial charge in [-0.05, 0) is 17.7 Å². The number of aromatic nitrogens is 1. The molecule has 0 aliphatic carbocycles. The fraction of sp³-hybridized carbons (Fsp3) is 0.231. The predicted molar refractivity (Wildman–Crippen MR) is 65.8 cm³/mol. The fourth-order valence-corrected chi connectivity index (χ4v) is 2.07. The van der Waals surface area contributed by atoms with Crippen LogP contribution in [-0.4, -0.2) is 40.0 Å². The summed E-state index contributed by atoms with van der Waals surface area (Å²) in [6, 6.07) is 2.50. The van der Waals surface area contributed by atoms with Crippen molar-refractivity contribution in [1.82, 2.24) is 4.98 Å². The number of alkyl halides is 2. The molecule has 102 valence electrons. The van der Waals surface area contributed by atoms with Crippen LogP contribution in [0.25, 0.3) is 0 Å². The maximum absolute atomic E-state index is 13.0. The van der Waals surface area contributed by atoms with Gasteiger partial charge in [0.25, 0.3) is 0 Å². The van der Waals surface area contributed by atoms with Crippen molar-refractivity contribution in [2.45, 2.75) is 18.1 Å². The molecule has 0 saturated heterocycles. The van der Waals surface area contributed by atoms with Crippen LogP contribution in [0.2, 0.25) is 0 Å². The first kappa shape index (κ1) is 12.6. The van der Waals surface area contributed by atoms with Crippen LogP contribution in [0.3, 0.4) is 0 Å². The molecule has 0 N–H and O–H groups in total. The maximum Gasteiger partial charge on any atom is 0.421 e. The Bertz CT molecular complexity index is 626. The first-order valence-electron chi connectivity index (χ1n) is 5.89. The Morgan fingerprint density at radius 2 is 2.10 bits per heavy atom. The zero-order valence-corrected chi connectivity index (χ0v) is 10.2. The third kappa shape index (κ3) is 2.22. The number of amides is 1. The lowest BCUT2D eigenvalue weighted by Gasteiger charge is -2.13. The standard InChI is InChI=1S/C13H10F2N3O2/c14-13(15)3-6-18(7-13)12(19)10-11(20-8-17-10)9-1-4-16-5-2-9/h1-8,10-11H/q+1. The van der Waals surface area contributed by atoms with Crippen LogP contribution in [0.15, 0.2) is 41.8 Å². The number of rotatable bonds is 2. The van der Waals surface area contributed by atoms with Crippen LogP contribution < -0.4 is 0 Å². The number of nitrogens with zero attached hydrogens (tertiary/aromatic N) is 3. The van der Waals surface area contributed by atoms with Crippen molar-refractivity contribution in [3.05, 3.63) is 42.4 Å². The number of pyridine rings is 1. The molecule has 1 aromatic heterocycles. The molecule has 7 heteroatoms. The zero-order valence-electron chi connectivity index (χ0n) is 10.2. The molecule has 1 amide bonds. The van der Waals surface area contributed by atoms with Gasteiger partial charge in [-0.15, -0.1) is 4.58 Å². The Balaban J connectivity index is 1.85. The van der Waals surface area contributed by atoms with Crippen molar-refractivity contribution < 1.29 is 22.9 Å². The Morgan fingerprint density at radius 3 is 2.75 bits per heavy atom. The van der Waals surface area contributed by atoms with Gasteiger partial charge in [-0.2, -0.15) is 8.78 Å². The summed E-state index contributed by atoms with van der Waals surface area (Å²) in [4.78, 5) is 20.0. The van der Waals surface area contributed by atoms with E-state index in [4.69, 9.17) is 4.74 Å². The molecule has 5 nitrogen and oxygen atoms in total. The molecule has 0 fully saturated rings. The van der Waals surface area contributed by atoms with Crippen molar-refractivity contribution in [3.63, 3.8) is 0 Å². The molecule has 0 saturated carbocycles. The largest absolute Gasteiger partial charge is 0.473 e. The summed E-state index contributed by atoms with van der Waals surface area (Å²) in [6.45, 7) is 0. The van der Waals surface area contributed by atoms with Crippen molar-refractivity contribution >= 4 is 18.5 Å². The van der Waals surface area contributed by atoms with Crippen LogP contribution in [-0.2, 0) is 9.53 Å². The number of carbonyl (C=O) groups excluding carboxylic acids is 1. The van der Waals surface area contributed by atoms with Gasteiger partial charge in [0.2, 0.25) is 12.3 Å². The number of hydrogen-bond donors (Lipinski definition) is 0. The lowest BCUT2D eigenvalue weighted by Crippen LogP contribution is -2.32. The summed E-state index contributed by atoms with van der Waals surface area (Å²) in [5.41, 5.74) is 0.714. The van der Waals surface area contributed by atoms with Crippen LogP contribution in [0.4, 0.5) is 8.78 Å². The molecule has 0 spiro atoms. The summed E-state index contributed by atoms with van der Waals surface area (Å²) in [6.07, 6.45) is 5.94. The minimum Gasteiger partial charge on any atom is -0.473 e. The minimum absolute atomic E-state index is 0.561. The molecule has 0 radical (unpaired) electrons. The first-order valence-corrected chi connectivity index (χ1v) is 5.89. The van der Waals surface area contributed by atoms with Crippen molar-refractivity contribution in [1.29, 1.82) is 0 Å². The predicted octanol–water partition coefficient (Wildman–Crippen LogP) is 1.32. The summed E-state index contributed by atoms with van der Waals surface area (Å²) in [5, 5.41) is 0. The van der Waals surface area contributed by atoms with Gasteiger partial charge in [-0.25, -0.2) is 9.79 Å². The van der Waals surface area contributed by atoms with Crippen LogP contribution in [0.1, 0.15) is 11.7 Å². The highest BCUT2D eigenvalue weighted by Crippen LogP contribution is 2.28. The highest BCUT2D eigenvalue weighted by Gasteiger charge is 2.44. The quantitative estimate of drug-likeness (QED) is 0.767. The van der Waals surface area contributed by atoms with Crippen molar-refractivity contribution in [2.75, 3.05) is 0 Å². The second-order valence-corrected chi connectivity index (χ2v) is 4.40. The Labute approximate surface area is 112 Å². The Morgan fingerprint density at radius 1 is 1.35 bits per heavy atom. The van der Waals surface area contributed by atoms with Gasteiger partial charge < -0.3 is 4.74 Å². The van der Waals surface area contributed by atoms with E-state index in [1.54, 1.807) is 24.5 Å². The molecule has 3 rings (SSSR count). The van der Waals surface area contributed by atoms with E-state index in [-0.39, 0.29) is 0 Å². The molecule has 3 heterocycles. The molecule has 2 unspecified atom stereocenters. The van der Waals surface area contributed by atoms with Gasteiger partial charge in [0.05, 0.1) is 6.08 Å². The van der Waals surface area contributed by atoms with Gasteiger partial charge in [0, 0.05) is 12.4 Å². The molecule has 0 bridgehead atoms. The molecule has 1 aromatic rings. The van der Waals surface area contributed by atoms with E-state index in [2.05, 4.69) is 9.98 Å².